The van der Waals surface area contributed by atoms with E-state index in [1.165, 1.54) is 9.35 Å². The number of thiophene rings is 1. The zero-order valence-electron chi connectivity index (χ0n) is 7.63. The van der Waals surface area contributed by atoms with E-state index in [1.807, 2.05) is 0 Å². The van der Waals surface area contributed by atoms with Crippen LogP contribution in [0.1, 0.15) is 11.3 Å². The van der Waals surface area contributed by atoms with E-state index >= 15 is 0 Å². The first-order valence-corrected chi connectivity index (χ1v) is 5.87. The molecular weight excluding hydrogens is 250 g/mol. The Hall–Kier alpha value is 0.100. The SMILES string of the molecule is COCC(N)CCc1sccc1Br. The Bertz CT molecular complexity index is 252. The highest BCUT2D eigenvalue weighted by Crippen LogP contribution is 2.24. The second-order valence-electron chi connectivity index (χ2n) is 2.95. The van der Waals surface area contributed by atoms with Crippen LogP contribution >= 0.6 is 27.3 Å². The maximum atomic E-state index is 5.82. The predicted molar refractivity (Wildman–Crippen MR) is 60.2 cm³/mol. The molecule has 0 bridgehead atoms. The molecule has 1 aromatic rings. The third-order valence-electron chi connectivity index (χ3n) is 1.81. The number of ether oxygens (including phenoxy) is 1. The molecule has 0 aliphatic heterocycles. The molecule has 0 radical (unpaired) electrons. The molecule has 74 valence electrons. The van der Waals surface area contributed by atoms with Crippen LogP contribution in [0.25, 0.3) is 0 Å². The largest absolute Gasteiger partial charge is 0.383 e. The second-order valence-corrected chi connectivity index (χ2v) is 4.80. The summed E-state index contributed by atoms with van der Waals surface area (Å²) >= 11 is 5.26. The van der Waals surface area contributed by atoms with Gasteiger partial charge in [-0.3, -0.25) is 0 Å². The predicted octanol–water partition coefficient (Wildman–Crippen LogP) is 2.42. The third kappa shape index (κ3) is 3.77. The monoisotopic (exact) mass is 263 g/mol. The lowest BCUT2D eigenvalue weighted by atomic mass is 10.1. The molecular formula is C9H14BrNOS. The van der Waals surface area contributed by atoms with Crippen LogP contribution in [0.2, 0.25) is 0 Å². The smallest absolute Gasteiger partial charge is 0.0613 e. The molecule has 2 N–H and O–H groups in total. The van der Waals surface area contributed by atoms with Crippen molar-refractivity contribution in [3.63, 3.8) is 0 Å². The Morgan fingerprint density at radius 3 is 3.00 bits per heavy atom. The van der Waals surface area contributed by atoms with Gasteiger partial charge in [0.2, 0.25) is 0 Å². The summed E-state index contributed by atoms with van der Waals surface area (Å²) in [5, 5.41) is 2.08. The van der Waals surface area contributed by atoms with E-state index in [-0.39, 0.29) is 6.04 Å². The number of rotatable bonds is 5. The Kier molecular flexibility index (Phi) is 4.94. The first kappa shape index (κ1) is 11.2. The first-order valence-electron chi connectivity index (χ1n) is 4.20. The van der Waals surface area contributed by atoms with E-state index in [9.17, 15) is 0 Å². The van der Waals surface area contributed by atoms with Crippen LogP contribution in [0.15, 0.2) is 15.9 Å². The van der Waals surface area contributed by atoms with Crippen molar-refractivity contribution in [2.45, 2.75) is 18.9 Å². The van der Waals surface area contributed by atoms with Gasteiger partial charge in [-0.25, -0.2) is 0 Å². The van der Waals surface area contributed by atoms with Gasteiger partial charge in [-0.05, 0) is 40.2 Å². The average molecular weight is 264 g/mol. The maximum absolute atomic E-state index is 5.82. The Morgan fingerprint density at radius 1 is 1.69 bits per heavy atom. The molecule has 0 saturated heterocycles. The Labute approximate surface area is 91.2 Å². The fourth-order valence-electron chi connectivity index (χ4n) is 1.12. The van der Waals surface area contributed by atoms with Crippen LogP contribution in [0, 0.1) is 0 Å². The summed E-state index contributed by atoms with van der Waals surface area (Å²) in [6.45, 7) is 0.642. The van der Waals surface area contributed by atoms with Gasteiger partial charge in [0.15, 0.2) is 0 Å². The van der Waals surface area contributed by atoms with Gasteiger partial charge >= 0.3 is 0 Å². The molecule has 1 aromatic heterocycles. The minimum atomic E-state index is 0.152. The van der Waals surface area contributed by atoms with Gasteiger partial charge in [0.05, 0.1) is 6.61 Å². The number of methoxy groups -OCH3 is 1. The number of hydrogen-bond acceptors (Lipinski definition) is 3. The molecule has 0 amide bonds. The quantitative estimate of drug-likeness (QED) is 0.886. The molecule has 0 aromatic carbocycles. The van der Waals surface area contributed by atoms with E-state index in [0.29, 0.717) is 6.61 Å². The molecule has 0 fully saturated rings. The fourth-order valence-corrected chi connectivity index (χ4v) is 2.69. The van der Waals surface area contributed by atoms with E-state index in [4.69, 9.17) is 10.5 Å². The van der Waals surface area contributed by atoms with Crippen molar-refractivity contribution in [3.05, 3.63) is 20.8 Å². The molecule has 0 spiro atoms. The lowest BCUT2D eigenvalue weighted by Crippen LogP contribution is -2.25. The van der Waals surface area contributed by atoms with Crippen molar-refractivity contribution < 1.29 is 4.74 Å². The van der Waals surface area contributed by atoms with Gasteiger partial charge < -0.3 is 10.5 Å². The Morgan fingerprint density at radius 2 is 2.46 bits per heavy atom. The summed E-state index contributed by atoms with van der Waals surface area (Å²) < 4.78 is 6.17. The first-order chi connectivity index (χ1) is 6.24. The van der Waals surface area contributed by atoms with E-state index in [1.54, 1.807) is 18.4 Å². The highest BCUT2D eigenvalue weighted by atomic mass is 79.9. The molecule has 0 aliphatic carbocycles. The summed E-state index contributed by atoms with van der Waals surface area (Å²) in [6, 6.07) is 2.22. The second kappa shape index (κ2) is 5.75. The number of aryl methyl sites for hydroxylation is 1. The van der Waals surface area contributed by atoms with Gasteiger partial charge in [-0.15, -0.1) is 11.3 Å². The Balaban J connectivity index is 2.30. The topological polar surface area (TPSA) is 35.2 Å². The molecule has 0 aliphatic rings. The van der Waals surface area contributed by atoms with Crippen LogP contribution in [-0.2, 0) is 11.2 Å². The van der Waals surface area contributed by atoms with Crippen molar-refractivity contribution >= 4 is 27.3 Å². The lowest BCUT2D eigenvalue weighted by Gasteiger charge is -2.08. The standard InChI is InChI=1S/C9H14BrNOS/c1-12-6-7(11)2-3-9-8(10)4-5-13-9/h4-5,7H,2-3,6,11H2,1H3. The minimum absolute atomic E-state index is 0.152. The summed E-state index contributed by atoms with van der Waals surface area (Å²) in [5.74, 6) is 0. The van der Waals surface area contributed by atoms with Crippen LogP contribution in [0.5, 0.6) is 0 Å². The van der Waals surface area contributed by atoms with Gasteiger partial charge in [0, 0.05) is 22.5 Å². The molecule has 1 atom stereocenters. The third-order valence-corrected chi connectivity index (χ3v) is 3.80. The number of nitrogens with two attached hydrogens (primary N) is 1. The van der Waals surface area contributed by atoms with Crippen LogP contribution in [-0.4, -0.2) is 19.8 Å². The molecule has 1 heterocycles. The molecule has 1 rings (SSSR count). The average Bonchev–Trinajstić information content (AvgIpc) is 2.48. The van der Waals surface area contributed by atoms with Crippen molar-refractivity contribution in [1.82, 2.24) is 0 Å². The van der Waals surface area contributed by atoms with E-state index < -0.39 is 0 Å². The highest BCUT2D eigenvalue weighted by Gasteiger charge is 2.05. The number of hydrogen-bond donors (Lipinski definition) is 1. The molecule has 0 saturated carbocycles. The van der Waals surface area contributed by atoms with Gasteiger partial charge in [-0.1, -0.05) is 0 Å². The number of halogens is 1. The molecule has 13 heavy (non-hydrogen) atoms. The van der Waals surface area contributed by atoms with Crippen LogP contribution in [0.3, 0.4) is 0 Å². The summed E-state index contributed by atoms with van der Waals surface area (Å²) in [5.41, 5.74) is 5.82. The van der Waals surface area contributed by atoms with Crippen molar-refractivity contribution in [1.29, 1.82) is 0 Å². The normalized spacial score (nSPS) is 13.2. The van der Waals surface area contributed by atoms with Crippen molar-refractivity contribution in [2.75, 3.05) is 13.7 Å². The highest BCUT2D eigenvalue weighted by molar-refractivity contribution is 9.10. The fraction of sp³-hybridized carbons (Fsp3) is 0.556. The zero-order chi connectivity index (χ0) is 9.68. The zero-order valence-corrected chi connectivity index (χ0v) is 10.0. The summed E-state index contributed by atoms with van der Waals surface area (Å²) in [4.78, 5) is 1.37. The van der Waals surface area contributed by atoms with E-state index in [0.717, 1.165) is 12.8 Å². The molecule has 1 unspecified atom stereocenters. The molecule has 4 heteroatoms. The summed E-state index contributed by atoms with van der Waals surface area (Å²) in [6.07, 6.45) is 2.01. The van der Waals surface area contributed by atoms with Crippen LogP contribution in [0.4, 0.5) is 0 Å². The summed E-state index contributed by atoms with van der Waals surface area (Å²) in [7, 11) is 1.68. The van der Waals surface area contributed by atoms with Crippen LogP contribution < -0.4 is 5.73 Å². The lowest BCUT2D eigenvalue weighted by molar-refractivity contribution is 0.177. The van der Waals surface area contributed by atoms with Gasteiger partial charge in [-0.2, -0.15) is 0 Å². The maximum Gasteiger partial charge on any atom is 0.0613 e. The van der Waals surface area contributed by atoms with Gasteiger partial charge in [0.1, 0.15) is 0 Å². The van der Waals surface area contributed by atoms with Crippen molar-refractivity contribution in [2.24, 2.45) is 5.73 Å². The van der Waals surface area contributed by atoms with E-state index in [2.05, 4.69) is 27.4 Å². The van der Waals surface area contributed by atoms with Crippen molar-refractivity contribution in [3.8, 4) is 0 Å². The molecule has 2 nitrogen and oxygen atoms in total. The minimum Gasteiger partial charge on any atom is -0.383 e. The van der Waals surface area contributed by atoms with Gasteiger partial charge in [0.25, 0.3) is 0 Å².